The third-order valence-corrected chi connectivity index (χ3v) is 2.67. The van der Waals surface area contributed by atoms with Crippen LogP contribution in [0.5, 0.6) is 0 Å². The van der Waals surface area contributed by atoms with Gasteiger partial charge < -0.3 is 9.84 Å². The molecule has 84 valence electrons. The van der Waals surface area contributed by atoms with Crippen molar-refractivity contribution in [3.8, 4) is 11.6 Å². The number of hydrogen-bond donors (Lipinski definition) is 1. The lowest BCUT2D eigenvalue weighted by molar-refractivity contribution is 0.424. The molecule has 7 nitrogen and oxygen atoms in total. The largest absolute Gasteiger partial charge is 0.332 e. The molecule has 0 aromatic carbocycles. The lowest BCUT2D eigenvalue weighted by Gasteiger charge is -2.05. The first kappa shape index (κ1) is 9.46. The summed E-state index contributed by atoms with van der Waals surface area (Å²) in [5.41, 5.74) is 0.632. The minimum absolute atomic E-state index is 0.380. The normalized spacial score (nSPS) is 20.4. The summed E-state index contributed by atoms with van der Waals surface area (Å²) in [6.07, 6.45) is 2.93. The number of hydrogen-bond acceptors (Lipinski definition) is 6. The maximum atomic E-state index is 5.03. The van der Waals surface area contributed by atoms with E-state index in [0.29, 0.717) is 23.5 Å². The fraction of sp³-hybridized carbons (Fsp3) is 0.556. The van der Waals surface area contributed by atoms with Gasteiger partial charge in [0.2, 0.25) is 0 Å². The van der Waals surface area contributed by atoms with Gasteiger partial charge in [-0.1, -0.05) is 10.4 Å². The van der Waals surface area contributed by atoms with Gasteiger partial charge in [-0.2, -0.15) is 4.98 Å². The Balaban J connectivity index is 1.87. The lowest BCUT2D eigenvalue weighted by Crippen LogP contribution is -2.13. The highest BCUT2D eigenvalue weighted by molar-refractivity contribution is 5.43. The Kier molecular flexibility index (Phi) is 2.17. The Bertz CT molecular complexity index is 484. The quantitative estimate of drug-likeness (QED) is 0.777. The van der Waals surface area contributed by atoms with Gasteiger partial charge in [0.05, 0.1) is 12.2 Å². The van der Waals surface area contributed by atoms with Crippen LogP contribution >= 0.6 is 0 Å². The third kappa shape index (κ3) is 1.58. The molecule has 1 aliphatic heterocycles. The van der Waals surface area contributed by atoms with Gasteiger partial charge in [0.25, 0.3) is 5.89 Å². The molecule has 0 radical (unpaired) electrons. The SMILES string of the molecule is Cc1noc(-c2cn(C3CCNC3)nn2)n1. The zero-order valence-corrected chi connectivity index (χ0v) is 8.92. The first-order valence-electron chi connectivity index (χ1n) is 5.26. The third-order valence-electron chi connectivity index (χ3n) is 2.67. The van der Waals surface area contributed by atoms with Crippen molar-refractivity contribution in [1.29, 1.82) is 0 Å². The molecule has 1 unspecified atom stereocenters. The van der Waals surface area contributed by atoms with Gasteiger partial charge in [-0.3, -0.25) is 0 Å². The average Bonchev–Trinajstić information content (AvgIpc) is 2.97. The van der Waals surface area contributed by atoms with Crippen LogP contribution in [0.25, 0.3) is 11.6 Å². The highest BCUT2D eigenvalue weighted by atomic mass is 16.5. The second kappa shape index (κ2) is 3.67. The lowest BCUT2D eigenvalue weighted by atomic mass is 10.3. The van der Waals surface area contributed by atoms with Crippen LogP contribution < -0.4 is 5.32 Å². The average molecular weight is 220 g/mol. The van der Waals surface area contributed by atoms with E-state index in [1.807, 2.05) is 10.9 Å². The van der Waals surface area contributed by atoms with Crippen molar-refractivity contribution >= 4 is 0 Å². The molecule has 0 amide bonds. The van der Waals surface area contributed by atoms with Crippen LogP contribution in [0.15, 0.2) is 10.7 Å². The molecule has 1 aliphatic rings. The van der Waals surface area contributed by atoms with Gasteiger partial charge in [-0.15, -0.1) is 5.10 Å². The van der Waals surface area contributed by atoms with E-state index in [1.54, 1.807) is 6.92 Å². The standard InChI is InChI=1S/C9H12N6O/c1-6-11-9(16-13-6)8-5-15(14-12-8)7-2-3-10-4-7/h5,7,10H,2-4H2,1H3. The fourth-order valence-corrected chi connectivity index (χ4v) is 1.82. The molecule has 3 rings (SSSR count). The molecule has 1 fully saturated rings. The maximum Gasteiger partial charge on any atom is 0.280 e. The Labute approximate surface area is 91.8 Å². The number of nitrogens with one attached hydrogen (secondary N) is 1. The van der Waals surface area contributed by atoms with Gasteiger partial charge in [0.1, 0.15) is 0 Å². The van der Waals surface area contributed by atoms with Gasteiger partial charge in [-0.05, 0) is 19.9 Å². The topological polar surface area (TPSA) is 81.7 Å². The molecular weight excluding hydrogens is 208 g/mol. The first-order chi connectivity index (χ1) is 7.83. The van der Waals surface area contributed by atoms with Crippen molar-refractivity contribution in [2.75, 3.05) is 13.1 Å². The number of rotatable bonds is 2. The van der Waals surface area contributed by atoms with Crippen molar-refractivity contribution in [2.45, 2.75) is 19.4 Å². The van der Waals surface area contributed by atoms with E-state index in [-0.39, 0.29) is 0 Å². The summed E-state index contributed by atoms with van der Waals surface area (Å²) in [6, 6.07) is 0.380. The van der Waals surface area contributed by atoms with E-state index in [9.17, 15) is 0 Å². The van der Waals surface area contributed by atoms with Crippen LogP contribution in [0, 0.1) is 6.92 Å². The monoisotopic (exact) mass is 220 g/mol. The Morgan fingerprint density at radius 3 is 3.19 bits per heavy atom. The van der Waals surface area contributed by atoms with Crippen LogP contribution in [-0.2, 0) is 0 Å². The molecule has 1 saturated heterocycles. The van der Waals surface area contributed by atoms with Gasteiger partial charge >= 0.3 is 0 Å². The number of nitrogens with zero attached hydrogens (tertiary/aromatic N) is 5. The molecule has 1 atom stereocenters. The number of aryl methyl sites for hydroxylation is 1. The molecule has 3 heterocycles. The molecule has 0 aliphatic carbocycles. The van der Waals surface area contributed by atoms with Crippen molar-refractivity contribution in [3.63, 3.8) is 0 Å². The molecule has 0 spiro atoms. The van der Waals surface area contributed by atoms with E-state index in [2.05, 4.69) is 25.8 Å². The molecule has 0 saturated carbocycles. The van der Waals surface area contributed by atoms with Crippen LogP contribution in [-0.4, -0.2) is 38.2 Å². The predicted molar refractivity (Wildman–Crippen MR) is 54.6 cm³/mol. The molecule has 0 bridgehead atoms. The minimum atomic E-state index is 0.380. The summed E-state index contributed by atoms with van der Waals surface area (Å²) < 4.78 is 6.89. The molecular formula is C9H12N6O. The summed E-state index contributed by atoms with van der Waals surface area (Å²) >= 11 is 0. The van der Waals surface area contributed by atoms with Crippen molar-refractivity contribution in [2.24, 2.45) is 0 Å². The van der Waals surface area contributed by atoms with Gasteiger partial charge in [0.15, 0.2) is 11.5 Å². The first-order valence-corrected chi connectivity index (χ1v) is 5.26. The van der Waals surface area contributed by atoms with Crippen LogP contribution in [0.2, 0.25) is 0 Å². The molecule has 7 heteroatoms. The van der Waals surface area contributed by atoms with E-state index >= 15 is 0 Å². The molecule has 2 aromatic rings. The van der Waals surface area contributed by atoms with E-state index in [0.717, 1.165) is 19.5 Å². The second-order valence-corrected chi connectivity index (χ2v) is 3.88. The van der Waals surface area contributed by atoms with E-state index in [4.69, 9.17) is 4.52 Å². The highest BCUT2D eigenvalue weighted by Crippen LogP contribution is 2.18. The molecule has 2 aromatic heterocycles. The van der Waals surface area contributed by atoms with Crippen LogP contribution in [0.1, 0.15) is 18.3 Å². The fourth-order valence-electron chi connectivity index (χ4n) is 1.82. The van der Waals surface area contributed by atoms with Crippen molar-refractivity contribution in [3.05, 3.63) is 12.0 Å². The minimum Gasteiger partial charge on any atom is -0.332 e. The zero-order valence-electron chi connectivity index (χ0n) is 8.92. The van der Waals surface area contributed by atoms with Gasteiger partial charge in [0, 0.05) is 6.54 Å². The number of aromatic nitrogens is 5. The van der Waals surface area contributed by atoms with Crippen molar-refractivity contribution < 1.29 is 4.52 Å². The van der Waals surface area contributed by atoms with E-state index < -0.39 is 0 Å². The predicted octanol–water partition coefficient (Wildman–Crippen LogP) is 0.171. The highest BCUT2D eigenvalue weighted by Gasteiger charge is 2.19. The summed E-state index contributed by atoms with van der Waals surface area (Å²) in [5.74, 6) is 1.03. The summed E-state index contributed by atoms with van der Waals surface area (Å²) in [7, 11) is 0. The summed E-state index contributed by atoms with van der Waals surface area (Å²) in [6.45, 7) is 3.74. The van der Waals surface area contributed by atoms with Crippen molar-refractivity contribution in [1.82, 2.24) is 30.5 Å². The van der Waals surface area contributed by atoms with Crippen LogP contribution in [0.4, 0.5) is 0 Å². The Morgan fingerprint density at radius 1 is 1.56 bits per heavy atom. The second-order valence-electron chi connectivity index (χ2n) is 3.88. The molecule has 16 heavy (non-hydrogen) atoms. The summed E-state index contributed by atoms with van der Waals surface area (Å²) in [4.78, 5) is 4.11. The Morgan fingerprint density at radius 2 is 2.50 bits per heavy atom. The van der Waals surface area contributed by atoms with Crippen LogP contribution in [0.3, 0.4) is 0 Å². The maximum absolute atomic E-state index is 5.03. The summed E-state index contributed by atoms with van der Waals surface area (Å²) in [5, 5.41) is 15.1. The Hall–Kier alpha value is -1.76. The smallest absolute Gasteiger partial charge is 0.280 e. The zero-order chi connectivity index (χ0) is 11.0. The van der Waals surface area contributed by atoms with E-state index in [1.165, 1.54) is 0 Å². The van der Waals surface area contributed by atoms with Gasteiger partial charge in [-0.25, -0.2) is 4.68 Å². The molecule has 1 N–H and O–H groups in total.